The largest absolute Gasteiger partial charge is 0.264 e. The van der Waals surface area contributed by atoms with Crippen LogP contribution >= 0.6 is 11.8 Å². The fraction of sp³-hybridized carbons (Fsp3) is 0. The Bertz CT molecular complexity index is 2470. The summed E-state index contributed by atoms with van der Waals surface area (Å²) in [5.41, 5.74) is 11.8. The maximum absolute atomic E-state index is 5.13. The van der Waals surface area contributed by atoms with Gasteiger partial charge in [-0.25, -0.2) is 9.97 Å². The minimum absolute atomic E-state index is 0.649. The number of hydrogen-bond acceptors (Lipinski definition) is 4. The van der Waals surface area contributed by atoms with Crippen molar-refractivity contribution >= 4 is 34.7 Å². The van der Waals surface area contributed by atoms with E-state index < -0.39 is 0 Å². The molecule has 0 atom stereocenters. The van der Waals surface area contributed by atoms with Crippen LogP contribution in [0.4, 0.5) is 0 Å². The Morgan fingerprint density at radius 2 is 1.16 bits per heavy atom. The fourth-order valence-electron chi connectivity index (χ4n) is 6.59. The number of benzene rings is 6. The van der Waals surface area contributed by atoms with Crippen LogP contribution in [0.3, 0.4) is 0 Å². The highest BCUT2D eigenvalue weighted by molar-refractivity contribution is 7.99. The Balaban J connectivity index is 1.30. The first-order chi connectivity index (χ1) is 24.3. The lowest BCUT2D eigenvalue weighted by Gasteiger charge is -2.18. The number of hydrogen-bond donors (Lipinski definition) is 0. The van der Waals surface area contributed by atoms with E-state index in [9.17, 15) is 0 Å². The number of nitrogens with zero attached hydrogens (tertiary/aromatic N) is 3. The first-order valence-electron chi connectivity index (χ1n) is 16.3. The zero-order valence-electron chi connectivity index (χ0n) is 26.5. The Morgan fingerprint density at radius 3 is 2.02 bits per heavy atom. The van der Waals surface area contributed by atoms with E-state index in [2.05, 4.69) is 138 Å². The SMILES string of the molecule is C1=C\c2ccc(-c3cc(-c4ccccc4)nc(-c4cccnc4)n3)cc2-c2ccc3ccccc3c2Sc2ccccc2-c2ccccc2/1. The highest BCUT2D eigenvalue weighted by Crippen LogP contribution is 2.47. The molecule has 1 aliphatic rings. The first kappa shape index (κ1) is 29.1. The summed E-state index contributed by atoms with van der Waals surface area (Å²) in [7, 11) is 0. The Labute approximate surface area is 289 Å². The molecule has 49 heavy (non-hydrogen) atoms. The molecule has 0 radical (unpaired) electrons. The van der Waals surface area contributed by atoms with Crippen molar-refractivity contribution in [3.63, 3.8) is 0 Å². The molecule has 0 spiro atoms. The molecule has 2 aromatic heterocycles. The van der Waals surface area contributed by atoms with Gasteiger partial charge in [-0.05, 0) is 74.5 Å². The summed E-state index contributed by atoms with van der Waals surface area (Å²) < 4.78 is 0. The lowest BCUT2D eigenvalue weighted by molar-refractivity contribution is 1.17. The minimum atomic E-state index is 0.649. The molecular weight excluding hydrogens is 615 g/mol. The molecule has 0 bridgehead atoms. The summed E-state index contributed by atoms with van der Waals surface area (Å²) >= 11 is 1.85. The molecule has 0 amide bonds. The van der Waals surface area contributed by atoms with Gasteiger partial charge < -0.3 is 0 Å². The molecule has 0 saturated heterocycles. The highest BCUT2D eigenvalue weighted by atomic mass is 32.2. The maximum Gasteiger partial charge on any atom is 0.161 e. The molecule has 1 aliphatic heterocycles. The van der Waals surface area contributed by atoms with Crippen LogP contribution in [-0.2, 0) is 0 Å². The molecule has 9 rings (SSSR count). The van der Waals surface area contributed by atoms with Gasteiger partial charge in [-0.15, -0.1) is 0 Å². The van der Waals surface area contributed by atoms with E-state index in [1.165, 1.54) is 42.8 Å². The van der Waals surface area contributed by atoms with Crippen LogP contribution in [0.1, 0.15) is 11.1 Å². The topological polar surface area (TPSA) is 38.7 Å². The fourth-order valence-corrected chi connectivity index (χ4v) is 7.83. The first-order valence-corrected chi connectivity index (χ1v) is 17.2. The van der Waals surface area contributed by atoms with E-state index in [0.717, 1.165) is 39.2 Å². The smallest absolute Gasteiger partial charge is 0.161 e. The van der Waals surface area contributed by atoms with Gasteiger partial charge in [0.25, 0.3) is 0 Å². The van der Waals surface area contributed by atoms with Crippen LogP contribution in [0.5, 0.6) is 0 Å². The van der Waals surface area contributed by atoms with Gasteiger partial charge in [-0.1, -0.05) is 145 Å². The summed E-state index contributed by atoms with van der Waals surface area (Å²) in [4.78, 5) is 16.9. The lowest BCUT2D eigenvalue weighted by atomic mass is 9.93. The normalized spacial score (nSPS) is 12.6. The second-order valence-corrected chi connectivity index (χ2v) is 13.1. The molecule has 0 fully saturated rings. The van der Waals surface area contributed by atoms with E-state index in [4.69, 9.17) is 9.97 Å². The monoisotopic (exact) mass is 643 g/mol. The van der Waals surface area contributed by atoms with Crippen molar-refractivity contribution < 1.29 is 0 Å². The molecule has 3 nitrogen and oxygen atoms in total. The van der Waals surface area contributed by atoms with Gasteiger partial charge in [-0.2, -0.15) is 0 Å². The van der Waals surface area contributed by atoms with Crippen LogP contribution < -0.4 is 0 Å². The molecule has 230 valence electrons. The van der Waals surface area contributed by atoms with Crippen LogP contribution in [0.2, 0.25) is 0 Å². The van der Waals surface area contributed by atoms with Crippen LogP contribution in [0.15, 0.2) is 174 Å². The third-order valence-electron chi connectivity index (χ3n) is 9.03. The third kappa shape index (κ3) is 5.52. The highest BCUT2D eigenvalue weighted by Gasteiger charge is 2.19. The van der Waals surface area contributed by atoms with Gasteiger partial charge in [0.05, 0.1) is 11.4 Å². The Hall–Kier alpha value is -6.10. The summed E-state index contributed by atoms with van der Waals surface area (Å²) in [6.45, 7) is 0. The van der Waals surface area contributed by atoms with Crippen LogP contribution in [0.25, 0.3) is 79.1 Å². The number of fused-ring (bicyclic) bond motifs is 8. The summed E-state index contributed by atoms with van der Waals surface area (Å²) in [5, 5.41) is 2.46. The average molecular weight is 644 g/mol. The molecule has 0 unspecified atom stereocenters. The van der Waals surface area contributed by atoms with Gasteiger partial charge in [0, 0.05) is 38.9 Å². The second-order valence-electron chi connectivity index (χ2n) is 12.1. The maximum atomic E-state index is 5.13. The zero-order chi connectivity index (χ0) is 32.6. The van der Waals surface area contributed by atoms with E-state index in [1.807, 2.05) is 48.3 Å². The lowest BCUT2D eigenvalue weighted by Crippen LogP contribution is -1.97. The number of rotatable bonds is 3. The summed E-state index contributed by atoms with van der Waals surface area (Å²) in [5.74, 6) is 0.649. The van der Waals surface area contributed by atoms with Crippen molar-refractivity contribution in [1.82, 2.24) is 15.0 Å². The van der Waals surface area contributed by atoms with Crippen molar-refractivity contribution in [3.8, 4) is 56.2 Å². The van der Waals surface area contributed by atoms with Crippen LogP contribution in [-0.4, -0.2) is 15.0 Å². The number of aromatic nitrogens is 3. The Kier molecular flexibility index (Phi) is 7.41. The molecule has 0 N–H and O–H groups in total. The molecule has 8 aromatic rings. The van der Waals surface area contributed by atoms with Crippen molar-refractivity contribution in [3.05, 3.63) is 175 Å². The standard InChI is InChI=1S/C45H29N3S/c1-2-13-33(14-3-1)41-28-42(48-45(47-41)35-15-10-26-46-29-35)34-23-22-32-21-20-30-11-4-6-16-36(30)38-18-8-9-19-43(38)49-44-37-17-7-5-12-31(37)24-25-39(44)40(32)27-34/h1-29H/b21-20-. The second kappa shape index (κ2) is 12.5. The van der Waals surface area contributed by atoms with Crippen molar-refractivity contribution in [2.75, 3.05) is 0 Å². The summed E-state index contributed by atoms with van der Waals surface area (Å²) in [6.07, 6.45) is 8.10. The summed E-state index contributed by atoms with van der Waals surface area (Å²) in [6, 6.07) is 53.7. The van der Waals surface area contributed by atoms with Gasteiger partial charge in [0.15, 0.2) is 5.82 Å². The van der Waals surface area contributed by atoms with Gasteiger partial charge >= 0.3 is 0 Å². The molecule has 4 heteroatoms. The Morgan fingerprint density at radius 1 is 0.449 bits per heavy atom. The zero-order valence-corrected chi connectivity index (χ0v) is 27.3. The predicted molar refractivity (Wildman–Crippen MR) is 204 cm³/mol. The molecule has 6 aromatic carbocycles. The molecule has 3 heterocycles. The van der Waals surface area contributed by atoms with E-state index >= 15 is 0 Å². The molecular formula is C45H29N3S. The van der Waals surface area contributed by atoms with E-state index in [-0.39, 0.29) is 0 Å². The third-order valence-corrected chi connectivity index (χ3v) is 10.2. The van der Waals surface area contributed by atoms with E-state index in [0.29, 0.717) is 5.82 Å². The van der Waals surface area contributed by atoms with E-state index in [1.54, 1.807) is 6.20 Å². The van der Waals surface area contributed by atoms with Crippen LogP contribution in [0, 0.1) is 0 Å². The predicted octanol–water partition coefficient (Wildman–Crippen LogP) is 12.0. The van der Waals surface area contributed by atoms with Crippen molar-refractivity contribution in [2.24, 2.45) is 0 Å². The minimum Gasteiger partial charge on any atom is -0.264 e. The van der Waals surface area contributed by atoms with Gasteiger partial charge in [0.1, 0.15) is 0 Å². The van der Waals surface area contributed by atoms with Crippen molar-refractivity contribution in [2.45, 2.75) is 9.79 Å². The molecule has 0 aliphatic carbocycles. The quantitative estimate of drug-likeness (QED) is 0.192. The average Bonchev–Trinajstić information content (AvgIpc) is 3.20. The van der Waals surface area contributed by atoms with Gasteiger partial charge in [0.2, 0.25) is 0 Å². The molecule has 0 saturated carbocycles. The van der Waals surface area contributed by atoms with Crippen molar-refractivity contribution in [1.29, 1.82) is 0 Å². The number of pyridine rings is 1. The van der Waals surface area contributed by atoms with Gasteiger partial charge in [-0.3, -0.25) is 4.98 Å².